The first-order valence-corrected chi connectivity index (χ1v) is 15.3. The fraction of sp³-hybridized carbons (Fsp3) is 0.469. The molecule has 2 atom stereocenters. The molecule has 1 aliphatic carbocycles. The summed E-state index contributed by atoms with van der Waals surface area (Å²) in [7, 11) is 0. The normalized spacial score (nSPS) is 22.6. The van der Waals surface area contributed by atoms with Gasteiger partial charge in [-0.15, -0.1) is 11.3 Å². The second-order valence-corrected chi connectivity index (χ2v) is 12.2. The molecule has 2 aliphatic heterocycles. The minimum atomic E-state index is -0.277. The Labute approximate surface area is 235 Å². The van der Waals surface area contributed by atoms with Crippen LogP contribution in [0.25, 0.3) is 0 Å². The third-order valence-corrected chi connectivity index (χ3v) is 9.52. The van der Waals surface area contributed by atoms with Gasteiger partial charge in [-0.3, -0.25) is 9.69 Å². The van der Waals surface area contributed by atoms with E-state index in [1.165, 1.54) is 35.3 Å². The van der Waals surface area contributed by atoms with E-state index in [1.54, 1.807) is 6.07 Å². The molecule has 206 valence electrons. The van der Waals surface area contributed by atoms with Crippen molar-refractivity contribution < 1.29 is 13.9 Å². The van der Waals surface area contributed by atoms with Crippen molar-refractivity contribution in [1.29, 1.82) is 0 Å². The molecule has 1 amide bonds. The van der Waals surface area contributed by atoms with Crippen LogP contribution in [0.3, 0.4) is 0 Å². The Morgan fingerprint density at radius 2 is 1.79 bits per heavy atom. The van der Waals surface area contributed by atoms with E-state index in [-0.39, 0.29) is 11.7 Å². The highest BCUT2D eigenvalue weighted by atomic mass is 32.1. The summed E-state index contributed by atoms with van der Waals surface area (Å²) in [6.45, 7) is 8.57. The number of carbonyl (C=O) groups is 1. The van der Waals surface area contributed by atoms with Crippen molar-refractivity contribution in [2.45, 2.75) is 32.7 Å². The summed E-state index contributed by atoms with van der Waals surface area (Å²) in [6, 6.07) is 18.2. The lowest BCUT2D eigenvalue weighted by molar-refractivity contribution is 0.0988. The number of hydrogen-bond acceptors (Lipinski definition) is 5. The van der Waals surface area contributed by atoms with E-state index in [2.05, 4.69) is 36.1 Å². The maximum Gasteiger partial charge on any atom is 0.268 e. The number of amides is 1. The number of thiophene rings is 1. The summed E-state index contributed by atoms with van der Waals surface area (Å²) in [4.78, 5) is 20.7. The first-order chi connectivity index (χ1) is 19.1. The third kappa shape index (κ3) is 5.91. The average Bonchev–Trinajstić information content (AvgIpc) is 3.34. The molecule has 1 saturated carbocycles. The molecule has 7 heteroatoms. The van der Waals surface area contributed by atoms with Crippen molar-refractivity contribution in [3.63, 3.8) is 0 Å². The van der Waals surface area contributed by atoms with Crippen molar-refractivity contribution in [1.82, 2.24) is 4.90 Å². The Kier molecular flexibility index (Phi) is 8.00. The molecule has 6 rings (SSSR count). The van der Waals surface area contributed by atoms with Gasteiger partial charge in [-0.1, -0.05) is 43.7 Å². The number of likely N-dealkylation sites (tertiary alicyclic amines) is 1. The Hall–Kier alpha value is -2.74. The molecule has 39 heavy (non-hydrogen) atoms. The summed E-state index contributed by atoms with van der Waals surface area (Å²) >= 11 is 1.44. The third-order valence-electron chi connectivity index (χ3n) is 8.66. The van der Waals surface area contributed by atoms with Gasteiger partial charge < -0.3 is 14.5 Å². The molecular weight excluding hydrogens is 509 g/mol. The van der Waals surface area contributed by atoms with Gasteiger partial charge in [-0.05, 0) is 71.4 Å². The molecule has 0 spiro atoms. The van der Waals surface area contributed by atoms with Gasteiger partial charge in [0.2, 0.25) is 0 Å². The van der Waals surface area contributed by atoms with Crippen molar-refractivity contribution in [2.24, 2.45) is 17.8 Å². The predicted octanol–water partition coefficient (Wildman–Crippen LogP) is 6.09. The van der Waals surface area contributed by atoms with Crippen LogP contribution in [0, 0.1) is 23.6 Å². The van der Waals surface area contributed by atoms with Crippen molar-refractivity contribution in [3.8, 4) is 0 Å². The number of anilines is 2. The Morgan fingerprint density at radius 1 is 1.05 bits per heavy atom. The maximum atomic E-state index is 15.3. The average molecular weight is 548 g/mol. The molecular formula is C32H38FN3O2S. The van der Waals surface area contributed by atoms with Gasteiger partial charge in [0, 0.05) is 45.0 Å². The van der Waals surface area contributed by atoms with Gasteiger partial charge in [-0.2, -0.15) is 0 Å². The number of ether oxygens (including phenoxy) is 1. The van der Waals surface area contributed by atoms with Gasteiger partial charge in [0.05, 0.1) is 23.8 Å². The Bertz CT molecular complexity index is 1250. The molecule has 1 aromatic heterocycles. The zero-order chi connectivity index (χ0) is 26.8. The Balaban J connectivity index is 1.11. The van der Waals surface area contributed by atoms with Crippen molar-refractivity contribution in [3.05, 3.63) is 81.8 Å². The topological polar surface area (TPSA) is 36.0 Å². The lowest BCUT2D eigenvalue weighted by Gasteiger charge is -2.30. The zero-order valence-corrected chi connectivity index (χ0v) is 23.5. The second-order valence-electron chi connectivity index (χ2n) is 11.2. The lowest BCUT2D eigenvalue weighted by atomic mass is 10.1. The van der Waals surface area contributed by atoms with Gasteiger partial charge >= 0.3 is 0 Å². The van der Waals surface area contributed by atoms with Crippen molar-refractivity contribution in [2.75, 3.05) is 55.7 Å². The van der Waals surface area contributed by atoms with Gasteiger partial charge in [0.25, 0.3) is 5.91 Å². The summed E-state index contributed by atoms with van der Waals surface area (Å²) in [6.07, 6.45) is 3.63. The lowest BCUT2D eigenvalue weighted by Crippen LogP contribution is -2.37. The quantitative estimate of drug-likeness (QED) is 0.308. The number of morpholine rings is 1. The predicted molar refractivity (Wildman–Crippen MR) is 156 cm³/mol. The molecule has 2 aromatic carbocycles. The van der Waals surface area contributed by atoms with E-state index in [9.17, 15) is 4.79 Å². The summed E-state index contributed by atoms with van der Waals surface area (Å²) in [5, 5.41) is 1.92. The first kappa shape index (κ1) is 26.5. The van der Waals surface area contributed by atoms with Crippen LogP contribution < -0.4 is 9.80 Å². The minimum absolute atomic E-state index is 0.0338. The van der Waals surface area contributed by atoms with Crippen LogP contribution in [-0.4, -0.2) is 56.7 Å². The van der Waals surface area contributed by atoms with Crippen molar-refractivity contribution >= 4 is 28.6 Å². The number of nitrogens with zero attached hydrogens (tertiary/aromatic N) is 3. The molecule has 0 bridgehead atoms. The molecule has 5 nitrogen and oxygen atoms in total. The first-order valence-electron chi connectivity index (χ1n) is 14.4. The Morgan fingerprint density at radius 3 is 2.46 bits per heavy atom. The largest absolute Gasteiger partial charge is 0.378 e. The number of rotatable bonds is 10. The maximum absolute atomic E-state index is 15.3. The molecule has 3 heterocycles. The van der Waals surface area contributed by atoms with E-state index < -0.39 is 0 Å². The smallest absolute Gasteiger partial charge is 0.268 e. The SMILES string of the molecule is CCCCc1ccc(CN2CC3C(C2)C3CN(C(=O)c2cccs2)c2ccc(N3CCOCC3)c(F)c2)cc1. The number of halogens is 1. The van der Waals surface area contributed by atoms with Crippen LogP contribution in [0.15, 0.2) is 60.0 Å². The fourth-order valence-electron chi connectivity index (χ4n) is 6.36. The van der Waals surface area contributed by atoms with Crippen LogP contribution in [0.4, 0.5) is 15.8 Å². The highest BCUT2D eigenvalue weighted by molar-refractivity contribution is 7.12. The summed E-state index contributed by atoms with van der Waals surface area (Å²) in [5.74, 6) is 1.35. The number of aryl methyl sites for hydroxylation is 1. The van der Waals surface area contributed by atoms with Crippen LogP contribution in [-0.2, 0) is 17.7 Å². The van der Waals surface area contributed by atoms with E-state index in [0.29, 0.717) is 66.9 Å². The van der Waals surface area contributed by atoms with E-state index >= 15 is 4.39 Å². The summed E-state index contributed by atoms with van der Waals surface area (Å²) in [5.41, 5.74) is 4.03. The number of hydrogen-bond donors (Lipinski definition) is 0. The van der Waals surface area contributed by atoms with Gasteiger partial charge in [0.15, 0.2) is 0 Å². The number of benzene rings is 2. The second kappa shape index (κ2) is 11.8. The number of unbranched alkanes of at least 4 members (excludes halogenated alkanes) is 1. The number of piperidine rings is 1. The monoisotopic (exact) mass is 547 g/mol. The van der Waals surface area contributed by atoms with Crippen LogP contribution >= 0.6 is 11.3 Å². The van der Waals surface area contributed by atoms with Gasteiger partial charge in [-0.25, -0.2) is 4.39 Å². The zero-order valence-electron chi connectivity index (χ0n) is 22.7. The molecule has 3 fully saturated rings. The molecule has 0 radical (unpaired) electrons. The molecule has 3 aliphatic rings. The van der Waals surface area contributed by atoms with Crippen LogP contribution in [0.1, 0.15) is 40.6 Å². The molecule has 2 unspecified atom stereocenters. The van der Waals surface area contributed by atoms with E-state index in [0.717, 1.165) is 26.1 Å². The fourth-order valence-corrected chi connectivity index (χ4v) is 7.03. The summed E-state index contributed by atoms with van der Waals surface area (Å²) < 4.78 is 20.7. The molecule has 3 aromatic rings. The number of carbonyl (C=O) groups excluding carboxylic acids is 1. The van der Waals surface area contributed by atoms with Crippen LogP contribution in [0.5, 0.6) is 0 Å². The minimum Gasteiger partial charge on any atom is -0.378 e. The van der Waals surface area contributed by atoms with Crippen LogP contribution in [0.2, 0.25) is 0 Å². The molecule has 2 saturated heterocycles. The molecule has 0 N–H and O–H groups in total. The standard InChI is InChI=1S/C32H38FN3O2S/c1-2-3-5-23-7-9-24(10-8-23)19-34-20-26-27(21-34)28(26)22-36(32(37)31-6-4-17-39-31)25-11-12-30(29(33)18-25)35-13-15-38-16-14-35/h4,6-12,17-18,26-28H,2-3,5,13-16,19-22H2,1H3. The van der Waals surface area contributed by atoms with E-state index in [4.69, 9.17) is 4.74 Å². The highest BCUT2D eigenvalue weighted by Crippen LogP contribution is 2.52. The van der Waals surface area contributed by atoms with Gasteiger partial charge in [0.1, 0.15) is 5.82 Å². The number of fused-ring (bicyclic) bond motifs is 1. The highest BCUT2D eigenvalue weighted by Gasteiger charge is 2.56. The van der Waals surface area contributed by atoms with E-state index in [1.807, 2.05) is 39.4 Å².